The Bertz CT molecular complexity index is 1200. The Hall–Kier alpha value is -3.10. The van der Waals surface area contributed by atoms with Gasteiger partial charge in [-0.3, -0.25) is 13.9 Å². The summed E-state index contributed by atoms with van der Waals surface area (Å²) in [5.74, 6) is -0.682. The molecule has 0 amide bonds. The van der Waals surface area contributed by atoms with Gasteiger partial charge in [-0.2, -0.15) is 26.3 Å². The average molecular weight is 441 g/mol. The Kier molecular flexibility index (Phi) is 4.84. The first-order valence-electron chi connectivity index (χ1n) is 8.20. The third kappa shape index (κ3) is 3.00. The molecular weight excluding hydrogens is 428 g/mol. The molecule has 30 heavy (non-hydrogen) atoms. The largest absolute Gasteiger partial charge is 0.432 e. The maximum absolute atomic E-state index is 13.0. The summed E-state index contributed by atoms with van der Waals surface area (Å²) < 4.78 is 85.1. The molecule has 0 radical (unpaired) electrons. The Labute approximate surface area is 161 Å². The SMILES string of the molecule is CCn1cnc2c1c(=O)n(Cc1cc(C(O)(C(F)(F)F)C(F)(F)F)no1)c(=O)n2C. The van der Waals surface area contributed by atoms with E-state index in [4.69, 9.17) is 0 Å². The van der Waals surface area contributed by atoms with Crippen LogP contribution in [-0.2, 0) is 25.7 Å². The van der Waals surface area contributed by atoms with Crippen LogP contribution >= 0.6 is 0 Å². The Balaban J connectivity index is 2.12. The Morgan fingerprint density at radius 1 is 1.13 bits per heavy atom. The van der Waals surface area contributed by atoms with E-state index in [1.165, 1.54) is 17.9 Å². The van der Waals surface area contributed by atoms with E-state index in [0.717, 1.165) is 4.57 Å². The van der Waals surface area contributed by atoms with Gasteiger partial charge < -0.3 is 14.2 Å². The third-order valence-corrected chi connectivity index (χ3v) is 4.51. The minimum Gasteiger partial charge on any atom is -0.368 e. The lowest BCUT2D eigenvalue weighted by atomic mass is 9.98. The van der Waals surface area contributed by atoms with Crippen LogP contribution in [0.15, 0.2) is 26.5 Å². The summed E-state index contributed by atoms with van der Waals surface area (Å²) in [7, 11) is 1.28. The summed E-state index contributed by atoms with van der Waals surface area (Å²) in [5, 5.41) is 12.0. The molecule has 0 aliphatic heterocycles. The zero-order valence-electron chi connectivity index (χ0n) is 15.2. The van der Waals surface area contributed by atoms with Crippen molar-refractivity contribution in [1.29, 1.82) is 0 Å². The fraction of sp³-hybridized carbons (Fsp3) is 0.467. The normalized spacial score (nSPS) is 13.4. The summed E-state index contributed by atoms with van der Waals surface area (Å²) in [6.45, 7) is 1.17. The fourth-order valence-electron chi connectivity index (χ4n) is 2.87. The van der Waals surface area contributed by atoms with Crippen molar-refractivity contribution in [2.24, 2.45) is 7.05 Å². The quantitative estimate of drug-likeness (QED) is 0.611. The van der Waals surface area contributed by atoms with Gasteiger partial charge in [0, 0.05) is 19.7 Å². The second-order valence-corrected chi connectivity index (χ2v) is 6.32. The van der Waals surface area contributed by atoms with Crippen molar-refractivity contribution < 1.29 is 36.0 Å². The number of halogens is 6. The molecule has 0 aromatic carbocycles. The van der Waals surface area contributed by atoms with Crippen molar-refractivity contribution >= 4 is 11.2 Å². The molecule has 3 heterocycles. The molecule has 0 spiro atoms. The smallest absolute Gasteiger partial charge is 0.368 e. The molecular formula is C15H13F6N5O4. The van der Waals surface area contributed by atoms with E-state index in [-0.39, 0.29) is 17.2 Å². The molecule has 0 saturated heterocycles. The highest BCUT2D eigenvalue weighted by Gasteiger charge is 2.73. The molecule has 0 fully saturated rings. The predicted octanol–water partition coefficient (Wildman–Crippen LogP) is 1.27. The van der Waals surface area contributed by atoms with Gasteiger partial charge in [-0.15, -0.1) is 0 Å². The van der Waals surface area contributed by atoms with Crippen LogP contribution in [0.25, 0.3) is 11.2 Å². The first-order valence-corrected chi connectivity index (χ1v) is 8.20. The maximum Gasteiger partial charge on any atom is 0.432 e. The molecule has 0 aliphatic rings. The average Bonchev–Trinajstić information content (AvgIpc) is 3.27. The molecule has 15 heteroatoms. The molecule has 0 bridgehead atoms. The van der Waals surface area contributed by atoms with Crippen molar-refractivity contribution in [1.82, 2.24) is 23.8 Å². The third-order valence-electron chi connectivity index (χ3n) is 4.51. The van der Waals surface area contributed by atoms with Crippen LogP contribution in [0.4, 0.5) is 26.3 Å². The summed E-state index contributed by atoms with van der Waals surface area (Å²) in [6.07, 6.45) is -11.0. The molecule has 3 aromatic rings. The molecule has 0 unspecified atom stereocenters. The molecule has 9 nitrogen and oxygen atoms in total. The number of aryl methyl sites for hydroxylation is 2. The van der Waals surface area contributed by atoms with Crippen LogP contribution in [0, 0.1) is 0 Å². The maximum atomic E-state index is 13.0. The number of rotatable bonds is 4. The van der Waals surface area contributed by atoms with Crippen LogP contribution in [0.1, 0.15) is 18.4 Å². The van der Waals surface area contributed by atoms with Crippen molar-refractivity contribution in [3.8, 4) is 0 Å². The number of hydrogen-bond donors (Lipinski definition) is 1. The molecule has 164 valence electrons. The number of nitrogens with zero attached hydrogens (tertiary/aromatic N) is 5. The highest BCUT2D eigenvalue weighted by molar-refractivity contribution is 5.69. The Morgan fingerprint density at radius 2 is 1.73 bits per heavy atom. The van der Waals surface area contributed by atoms with Crippen LogP contribution in [0.5, 0.6) is 0 Å². The highest BCUT2D eigenvalue weighted by atomic mass is 19.4. The van der Waals surface area contributed by atoms with E-state index < -0.39 is 47.2 Å². The fourth-order valence-corrected chi connectivity index (χ4v) is 2.87. The minimum atomic E-state index is -6.15. The number of imidazole rings is 1. The summed E-state index contributed by atoms with van der Waals surface area (Å²) in [4.78, 5) is 29.1. The number of aromatic nitrogens is 5. The summed E-state index contributed by atoms with van der Waals surface area (Å²) >= 11 is 0. The van der Waals surface area contributed by atoms with E-state index in [1.54, 1.807) is 6.92 Å². The monoisotopic (exact) mass is 441 g/mol. The van der Waals surface area contributed by atoms with Gasteiger partial charge in [-0.25, -0.2) is 9.78 Å². The second kappa shape index (κ2) is 6.72. The predicted molar refractivity (Wildman–Crippen MR) is 86.5 cm³/mol. The zero-order chi connectivity index (χ0) is 22.6. The summed E-state index contributed by atoms with van der Waals surface area (Å²) in [6, 6.07) is 0.189. The van der Waals surface area contributed by atoms with Crippen molar-refractivity contribution in [2.45, 2.75) is 38.0 Å². The van der Waals surface area contributed by atoms with Gasteiger partial charge >= 0.3 is 23.6 Å². The molecule has 0 aliphatic carbocycles. The van der Waals surface area contributed by atoms with Crippen LogP contribution in [0.3, 0.4) is 0 Å². The van der Waals surface area contributed by atoms with Gasteiger partial charge in [-0.05, 0) is 6.92 Å². The molecule has 3 aromatic heterocycles. The van der Waals surface area contributed by atoms with E-state index in [9.17, 15) is 41.0 Å². The van der Waals surface area contributed by atoms with Crippen molar-refractivity contribution in [3.05, 3.63) is 44.7 Å². The zero-order valence-corrected chi connectivity index (χ0v) is 15.2. The number of hydrogen-bond acceptors (Lipinski definition) is 6. The van der Waals surface area contributed by atoms with Gasteiger partial charge in [0.25, 0.3) is 5.56 Å². The van der Waals surface area contributed by atoms with E-state index in [2.05, 4.69) is 14.7 Å². The van der Waals surface area contributed by atoms with E-state index >= 15 is 0 Å². The summed E-state index contributed by atoms with van der Waals surface area (Å²) in [5.41, 5.74) is -8.93. The molecule has 3 rings (SSSR count). The van der Waals surface area contributed by atoms with Gasteiger partial charge in [-0.1, -0.05) is 5.16 Å². The number of alkyl halides is 6. The van der Waals surface area contributed by atoms with Gasteiger partial charge in [0.05, 0.1) is 12.9 Å². The van der Waals surface area contributed by atoms with Crippen molar-refractivity contribution in [2.75, 3.05) is 0 Å². The van der Waals surface area contributed by atoms with E-state index in [1.807, 2.05) is 0 Å². The Morgan fingerprint density at radius 3 is 2.27 bits per heavy atom. The molecule has 0 saturated carbocycles. The lowest BCUT2D eigenvalue weighted by Gasteiger charge is -2.30. The molecule has 1 N–H and O–H groups in total. The van der Waals surface area contributed by atoms with Crippen molar-refractivity contribution in [3.63, 3.8) is 0 Å². The van der Waals surface area contributed by atoms with Crippen LogP contribution in [-0.4, -0.2) is 41.3 Å². The first kappa shape index (κ1) is 21.6. The van der Waals surface area contributed by atoms with Gasteiger partial charge in [0.15, 0.2) is 16.9 Å². The lowest BCUT2D eigenvalue weighted by Crippen LogP contribution is -2.54. The van der Waals surface area contributed by atoms with Crippen LogP contribution in [0.2, 0.25) is 0 Å². The standard InChI is InChI=1S/C15H13F6N5O4/c1-3-25-6-22-10-9(25)11(27)26(12(28)24(10)2)5-7-4-8(23-30-7)13(29,14(16,17)18)15(19,20)21/h4,6,29H,3,5H2,1-2H3. The minimum absolute atomic E-state index is 0.00132. The number of fused-ring (bicyclic) bond motifs is 1. The first-order chi connectivity index (χ1) is 13.7. The second-order valence-electron chi connectivity index (χ2n) is 6.32. The highest BCUT2D eigenvalue weighted by Crippen LogP contribution is 2.49. The van der Waals surface area contributed by atoms with Gasteiger partial charge in [0.1, 0.15) is 5.69 Å². The van der Waals surface area contributed by atoms with E-state index in [0.29, 0.717) is 11.1 Å². The van der Waals surface area contributed by atoms with Gasteiger partial charge in [0.2, 0.25) is 0 Å². The topological polar surface area (TPSA) is 108 Å². The lowest BCUT2D eigenvalue weighted by molar-refractivity contribution is -0.377. The van der Waals surface area contributed by atoms with Crippen LogP contribution < -0.4 is 11.2 Å². The number of aliphatic hydroxyl groups is 1. The molecule has 0 atom stereocenters.